The van der Waals surface area contributed by atoms with E-state index in [2.05, 4.69) is 15.6 Å². The summed E-state index contributed by atoms with van der Waals surface area (Å²) in [6, 6.07) is 13.8. The molecule has 1 fully saturated rings. The molecule has 0 aliphatic carbocycles. The van der Waals surface area contributed by atoms with Crippen LogP contribution in [0.25, 0.3) is 0 Å². The van der Waals surface area contributed by atoms with Crippen molar-refractivity contribution in [1.29, 1.82) is 0 Å². The molecular weight excluding hydrogens is 345 g/mol. The van der Waals surface area contributed by atoms with Crippen LogP contribution in [0.4, 0.5) is 0 Å². The van der Waals surface area contributed by atoms with Crippen molar-refractivity contribution in [2.75, 3.05) is 13.1 Å². The van der Waals surface area contributed by atoms with Crippen molar-refractivity contribution in [3.05, 3.63) is 66.0 Å². The third-order valence-corrected chi connectivity index (χ3v) is 4.15. The lowest BCUT2D eigenvalue weighted by Gasteiger charge is -2.26. The largest absolute Gasteiger partial charge is 0.345 e. The van der Waals surface area contributed by atoms with Crippen LogP contribution in [-0.4, -0.2) is 24.0 Å². The van der Waals surface area contributed by atoms with Gasteiger partial charge in [0.1, 0.15) is 0 Å². The number of hydrogen-bond donors (Lipinski definition) is 2. The zero-order valence-corrected chi connectivity index (χ0v) is 15.0. The topological polar surface area (TPSA) is 54.0 Å². The van der Waals surface area contributed by atoms with E-state index in [1.807, 2.05) is 48.7 Å². The van der Waals surface area contributed by atoms with Crippen molar-refractivity contribution in [2.24, 2.45) is 5.92 Å². The lowest BCUT2D eigenvalue weighted by molar-refractivity contribution is -0.126. The van der Waals surface area contributed by atoms with Crippen molar-refractivity contribution in [3.63, 3.8) is 0 Å². The fourth-order valence-corrected chi connectivity index (χ4v) is 2.90. The summed E-state index contributed by atoms with van der Waals surface area (Å²) in [5.41, 5.74) is 2.09. The lowest BCUT2D eigenvalue weighted by Crippen LogP contribution is -2.40. The Hall–Kier alpha value is -1.62. The molecule has 0 spiro atoms. The molecule has 1 amide bonds. The highest BCUT2D eigenvalue weighted by molar-refractivity contribution is 5.85. The van der Waals surface area contributed by atoms with Gasteiger partial charge in [-0.25, -0.2) is 0 Å². The van der Waals surface area contributed by atoms with Gasteiger partial charge in [-0.3, -0.25) is 9.78 Å². The van der Waals surface area contributed by atoms with Crippen LogP contribution >= 0.6 is 24.8 Å². The minimum atomic E-state index is -0.141. The molecule has 1 saturated heterocycles. The van der Waals surface area contributed by atoms with Gasteiger partial charge in [0, 0.05) is 18.3 Å². The average molecular weight is 368 g/mol. The number of halogens is 2. The Morgan fingerprint density at radius 2 is 1.71 bits per heavy atom. The quantitative estimate of drug-likeness (QED) is 0.872. The number of aromatic nitrogens is 1. The summed E-state index contributed by atoms with van der Waals surface area (Å²) in [7, 11) is 0. The molecule has 1 aromatic heterocycles. The van der Waals surface area contributed by atoms with Gasteiger partial charge in [0.05, 0.1) is 6.04 Å². The number of pyridine rings is 1. The normalized spacial score (nSPS) is 15.5. The summed E-state index contributed by atoms with van der Waals surface area (Å²) < 4.78 is 0. The van der Waals surface area contributed by atoms with Gasteiger partial charge in [-0.15, -0.1) is 24.8 Å². The first kappa shape index (κ1) is 20.4. The number of nitrogens with one attached hydrogen (secondary N) is 2. The standard InChI is InChI=1S/C18H21N3O.2ClH/c22-18(15-8-11-19-12-9-15)21-17(14-5-2-1-3-6-14)16-7-4-10-20-13-16;;/h1-7,10,13,15,17,19H,8-9,11-12H2,(H,21,22);2*1H. The molecule has 1 aromatic carbocycles. The van der Waals surface area contributed by atoms with Crippen LogP contribution in [0.3, 0.4) is 0 Å². The van der Waals surface area contributed by atoms with Crippen LogP contribution in [0.1, 0.15) is 30.0 Å². The highest BCUT2D eigenvalue weighted by atomic mass is 35.5. The van der Waals surface area contributed by atoms with Gasteiger partial charge in [0.15, 0.2) is 0 Å². The number of carbonyl (C=O) groups excluding carboxylic acids is 1. The average Bonchev–Trinajstić information content (AvgIpc) is 2.62. The Kier molecular flexibility index (Phi) is 8.76. The maximum absolute atomic E-state index is 12.6. The van der Waals surface area contributed by atoms with Gasteiger partial charge in [-0.05, 0) is 43.1 Å². The summed E-state index contributed by atoms with van der Waals surface area (Å²) in [5, 5.41) is 6.51. The van der Waals surface area contributed by atoms with Crippen molar-refractivity contribution >= 4 is 30.7 Å². The predicted molar refractivity (Wildman–Crippen MR) is 101 cm³/mol. The van der Waals surface area contributed by atoms with Crippen LogP contribution in [0.2, 0.25) is 0 Å². The fourth-order valence-electron chi connectivity index (χ4n) is 2.90. The number of piperidine rings is 1. The van der Waals surface area contributed by atoms with E-state index >= 15 is 0 Å². The Balaban J connectivity index is 0.00000144. The number of amides is 1. The van der Waals surface area contributed by atoms with E-state index in [1.165, 1.54) is 0 Å². The van der Waals surface area contributed by atoms with Gasteiger partial charge in [-0.2, -0.15) is 0 Å². The monoisotopic (exact) mass is 367 g/mol. The van der Waals surface area contributed by atoms with Gasteiger partial charge < -0.3 is 10.6 Å². The van der Waals surface area contributed by atoms with Gasteiger partial charge >= 0.3 is 0 Å². The third-order valence-electron chi connectivity index (χ3n) is 4.15. The zero-order valence-electron chi connectivity index (χ0n) is 13.4. The number of benzene rings is 1. The maximum Gasteiger partial charge on any atom is 0.223 e. The number of carbonyl (C=O) groups is 1. The van der Waals surface area contributed by atoms with E-state index in [4.69, 9.17) is 0 Å². The molecule has 1 atom stereocenters. The first-order chi connectivity index (χ1) is 10.8. The van der Waals surface area contributed by atoms with Crippen LogP contribution in [0, 0.1) is 5.92 Å². The first-order valence-corrected chi connectivity index (χ1v) is 7.80. The second-order valence-electron chi connectivity index (χ2n) is 5.66. The van der Waals surface area contributed by atoms with Crippen molar-refractivity contribution in [1.82, 2.24) is 15.6 Å². The Labute approximate surface area is 155 Å². The second-order valence-corrected chi connectivity index (χ2v) is 5.66. The maximum atomic E-state index is 12.6. The molecule has 2 heterocycles. The number of nitrogens with zero attached hydrogens (tertiary/aromatic N) is 1. The van der Waals surface area contributed by atoms with Gasteiger partial charge in [0.2, 0.25) is 5.91 Å². The zero-order chi connectivity index (χ0) is 15.2. The second kappa shape index (κ2) is 10.3. The van der Waals surface area contributed by atoms with E-state index in [1.54, 1.807) is 6.20 Å². The smallest absolute Gasteiger partial charge is 0.223 e. The van der Waals surface area contributed by atoms with E-state index in [0.717, 1.165) is 37.1 Å². The summed E-state index contributed by atoms with van der Waals surface area (Å²) in [5.74, 6) is 0.239. The molecule has 0 radical (unpaired) electrons. The molecule has 1 aliphatic heterocycles. The fraction of sp³-hybridized carbons (Fsp3) is 0.333. The molecule has 2 aromatic rings. The van der Waals surface area contributed by atoms with E-state index in [-0.39, 0.29) is 42.7 Å². The molecule has 0 bridgehead atoms. The van der Waals surface area contributed by atoms with E-state index < -0.39 is 0 Å². The van der Waals surface area contributed by atoms with Crippen LogP contribution in [0.5, 0.6) is 0 Å². The van der Waals surface area contributed by atoms with E-state index in [0.29, 0.717) is 0 Å². The van der Waals surface area contributed by atoms with Crippen molar-refractivity contribution < 1.29 is 4.79 Å². The summed E-state index contributed by atoms with van der Waals surface area (Å²) in [4.78, 5) is 16.8. The van der Waals surface area contributed by atoms with Crippen LogP contribution in [-0.2, 0) is 4.79 Å². The third kappa shape index (κ3) is 5.20. The van der Waals surface area contributed by atoms with Crippen LogP contribution < -0.4 is 10.6 Å². The Morgan fingerprint density at radius 3 is 2.33 bits per heavy atom. The van der Waals surface area contributed by atoms with E-state index in [9.17, 15) is 4.79 Å². The molecule has 3 rings (SSSR count). The molecule has 0 saturated carbocycles. The number of hydrogen-bond acceptors (Lipinski definition) is 3. The van der Waals surface area contributed by atoms with Crippen LogP contribution in [0.15, 0.2) is 54.9 Å². The molecule has 6 heteroatoms. The lowest BCUT2D eigenvalue weighted by atomic mass is 9.94. The SMILES string of the molecule is Cl.Cl.O=C(NC(c1ccccc1)c1cccnc1)C1CCNCC1. The minimum absolute atomic E-state index is 0. The number of rotatable bonds is 4. The molecule has 2 N–H and O–H groups in total. The predicted octanol–water partition coefficient (Wildman–Crippen LogP) is 3.13. The van der Waals surface area contributed by atoms with Crippen molar-refractivity contribution in [3.8, 4) is 0 Å². The molecule has 4 nitrogen and oxygen atoms in total. The Bertz CT molecular complexity index is 565. The Morgan fingerprint density at radius 1 is 1.04 bits per heavy atom. The first-order valence-electron chi connectivity index (χ1n) is 7.80. The van der Waals surface area contributed by atoms with Gasteiger partial charge in [0.25, 0.3) is 0 Å². The summed E-state index contributed by atoms with van der Waals surface area (Å²) in [6.45, 7) is 1.84. The summed E-state index contributed by atoms with van der Waals surface area (Å²) in [6.07, 6.45) is 5.38. The highest BCUT2D eigenvalue weighted by Gasteiger charge is 2.24. The minimum Gasteiger partial charge on any atom is -0.345 e. The van der Waals surface area contributed by atoms with Crippen molar-refractivity contribution in [2.45, 2.75) is 18.9 Å². The van der Waals surface area contributed by atoms with Gasteiger partial charge in [-0.1, -0.05) is 36.4 Å². The molecular formula is C18H23Cl2N3O. The molecule has 130 valence electrons. The molecule has 1 aliphatic rings. The summed E-state index contributed by atoms with van der Waals surface area (Å²) >= 11 is 0. The molecule has 1 unspecified atom stereocenters. The molecule has 24 heavy (non-hydrogen) atoms. The highest BCUT2D eigenvalue weighted by Crippen LogP contribution is 2.23.